The topological polar surface area (TPSA) is 75.3 Å². The molecule has 0 fully saturated rings. The maximum absolute atomic E-state index is 13.3. The Bertz CT molecular complexity index is 687. The van der Waals surface area contributed by atoms with Gasteiger partial charge < -0.3 is 16.2 Å². The highest BCUT2D eigenvalue weighted by molar-refractivity contribution is 6.00. The van der Waals surface area contributed by atoms with Gasteiger partial charge in [-0.25, -0.2) is 13.6 Å². The van der Waals surface area contributed by atoms with Crippen LogP contribution < -0.4 is 11.1 Å². The third kappa shape index (κ3) is 2.54. The Morgan fingerprint density at radius 2 is 1.90 bits per heavy atom. The number of aromatic carboxylic acids is 1. The number of halogens is 2. The fourth-order valence-corrected chi connectivity index (χ4v) is 1.80. The lowest BCUT2D eigenvalue weighted by Crippen LogP contribution is -2.09. The zero-order chi connectivity index (χ0) is 14.9. The van der Waals surface area contributed by atoms with Crippen LogP contribution in [0.5, 0.6) is 0 Å². The second kappa shape index (κ2) is 5.16. The Labute approximate surface area is 113 Å². The first-order valence-corrected chi connectivity index (χ1v) is 5.74. The van der Waals surface area contributed by atoms with E-state index in [0.29, 0.717) is 11.3 Å². The molecule has 0 aliphatic heterocycles. The smallest absolute Gasteiger partial charge is 0.340 e. The number of hydrogen-bond donors (Lipinski definition) is 3. The van der Waals surface area contributed by atoms with Crippen LogP contribution in [0.3, 0.4) is 0 Å². The van der Waals surface area contributed by atoms with E-state index in [2.05, 4.69) is 5.32 Å². The molecule has 0 saturated carbocycles. The Hall–Kier alpha value is -2.63. The number of nitrogens with one attached hydrogen (secondary N) is 1. The molecule has 0 bridgehead atoms. The quantitative estimate of drug-likeness (QED) is 0.753. The van der Waals surface area contributed by atoms with E-state index in [9.17, 15) is 13.6 Å². The summed E-state index contributed by atoms with van der Waals surface area (Å²) in [4.78, 5) is 11.2. The molecular formula is C14H12F2N2O2. The Morgan fingerprint density at radius 1 is 1.20 bits per heavy atom. The van der Waals surface area contributed by atoms with E-state index in [-0.39, 0.29) is 11.3 Å². The van der Waals surface area contributed by atoms with Crippen molar-refractivity contribution in [1.82, 2.24) is 0 Å². The maximum atomic E-state index is 13.3. The summed E-state index contributed by atoms with van der Waals surface area (Å²) >= 11 is 0. The zero-order valence-electron chi connectivity index (χ0n) is 10.6. The van der Waals surface area contributed by atoms with Crippen molar-refractivity contribution >= 4 is 23.0 Å². The summed E-state index contributed by atoms with van der Waals surface area (Å²) < 4.78 is 26.5. The molecule has 20 heavy (non-hydrogen) atoms. The number of anilines is 3. The van der Waals surface area contributed by atoms with Gasteiger partial charge in [0, 0.05) is 5.69 Å². The number of aryl methyl sites for hydroxylation is 1. The second-order valence-corrected chi connectivity index (χ2v) is 4.27. The number of carboxylic acids is 1. The summed E-state index contributed by atoms with van der Waals surface area (Å²) in [6.45, 7) is 1.73. The van der Waals surface area contributed by atoms with Crippen LogP contribution in [0.1, 0.15) is 15.9 Å². The number of carboxylic acid groups (broad SMARTS) is 1. The van der Waals surface area contributed by atoms with E-state index in [0.717, 1.165) is 6.07 Å². The predicted molar refractivity (Wildman–Crippen MR) is 72.2 cm³/mol. The van der Waals surface area contributed by atoms with Crippen LogP contribution in [0.4, 0.5) is 25.8 Å². The minimum absolute atomic E-state index is 0.102. The van der Waals surface area contributed by atoms with Gasteiger partial charge in [0.05, 0.1) is 11.4 Å². The monoisotopic (exact) mass is 278 g/mol. The van der Waals surface area contributed by atoms with E-state index in [1.54, 1.807) is 13.0 Å². The van der Waals surface area contributed by atoms with Crippen molar-refractivity contribution < 1.29 is 18.7 Å². The minimum atomic E-state index is -1.36. The third-order valence-corrected chi connectivity index (χ3v) is 2.88. The fraction of sp³-hybridized carbons (Fsp3) is 0.0714. The number of hydrogen-bond acceptors (Lipinski definition) is 3. The van der Waals surface area contributed by atoms with Crippen LogP contribution >= 0.6 is 0 Å². The average molecular weight is 278 g/mol. The number of benzene rings is 2. The van der Waals surface area contributed by atoms with Crippen LogP contribution in [0.25, 0.3) is 0 Å². The SMILES string of the molecule is Cc1ccc(F)cc1Nc1ccc(F)c(N)c1C(=O)O. The molecule has 0 aromatic heterocycles. The van der Waals surface area contributed by atoms with Gasteiger partial charge in [-0.05, 0) is 36.8 Å². The molecule has 2 rings (SSSR count). The van der Waals surface area contributed by atoms with Gasteiger partial charge in [-0.15, -0.1) is 0 Å². The molecule has 0 aliphatic rings. The van der Waals surface area contributed by atoms with Gasteiger partial charge in [0.1, 0.15) is 17.2 Å². The molecule has 0 saturated heterocycles. The van der Waals surface area contributed by atoms with E-state index in [4.69, 9.17) is 10.8 Å². The molecular weight excluding hydrogens is 266 g/mol. The summed E-state index contributed by atoms with van der Waals surface area (Å²) in [7, 11) is 0. The second-order valence-electron chi connectivity index (χ2n) is 4.27. The molecule has 0 atom stereocenters. The first-order chi connectivity index (χ1) is 9.40. The molecule has 104 valence electrons. The van der Waals surface area contributed by atoms with Crippen molar-refractivity contribution in [2.45, 2.75) is 6.92 Å². The molecule has 2 aromatic rings. The number of rotatable bonds is 3. The van der Waals surface area contributed by atoms with Gasteiger partial charge >= 0.3 is 5.97 Å². The Kier molecular flexibility index (Phi) is 3.56. The van der Waals surface area contributed by atoms with Crippen molar-refractivity contribution in [1.29, 1.82) is 0 Å². The van der Waals surface area contributed by atoms with Crippen LogP contribution in [-0.4, -0.2) is 11.1 Å². The molecule has 6 heteroatoms. The largest absolute Gasteiger partial charge is 0.478 e. The molecule has 4 N–H and O–H groups in total. The van der Waals surface area contributed by atoms with Crippen LogP contribution in [0.15, 0.2) is 30.3 Å². The van der Waals surface area contributed by atoms with Crippen molar-refractivity contribution in [2.24, 2.45) is 0 Å². The first kappa shape index (κ1) is 13.8. The molecule has 0 radical (unpaired) electrons. The number of carbonyl (C=O) groups is 1. The summed E-state index contributed by atoms with van der Waals surface area (Å²) in [5, 5.41) is 11.9. The van der Waals surface area contributed by atoms with Gasteiger partial charge in [0.25, 0.3) is 0 Å². The molecule has 2 aromatic carbocycles. The van der Waals surface area contributed by atoms with Gasteiger partial charge in [0.2, 0.25) is 0 Å². The first-order valence-electron chi connectivity index (χ1n) is 5.74. The lowest BCUT2D eigenvalue weighted by atomic mass is 10.1. The van der Waals surface area contributed by atoms with E-state index < -0.39 is 23.3 Å². The average Bonchev–Trinajstić information content (AvgIpc) is 2.38. The highest BCUT2D eigenvalue weighted by atomic mass is 19.1. The molecule has 0 heterocycles. The minimum Gasteiger partial charge on any atom is -0.478 e. The molecule has 0 spiro atoms. The summed E-state index contributed by atoms with van der Waals surface area (Å²) in [5.74, 6) is -2.65. The summed E-state index contributed by atoms with van der Waals surface area (Å²) in [5.41, 5.74) is 5.80. The normalized spacial score (nSPS) is 10.3. The highest BCUT2D eigenvalue weighted by Gasteiger charge is 2.18. The Balaban J connectivity index is 2.51. The van der Waals surface area contributed by atoms with Crippen molar-refractivity contribution in [3.05, 3.63) is 53.1 Å². The molecule has 0 amide bonds. The van der Waals surface area contributed by atoms with Gasteiger partial charge in [-0.3, -0.25) is 0 Å². The fourth-order valence-electron chi connectivity index (χ4n) is 1.80. The lowest BCUT2D eigenvalue weighted by Gasteiger charge is -2.14. The predicted octanol–water partition coefficient (Wildman–Crippen LogP) is 3.30. The third-order valence-electron chi connectivity index (χ3n) is 2.88. The van der Waals surface area contributed by atoms with Gasteiger partial charge in [0.15, 0.2) is 0 Å². The maximum Gasteiger partial charge on any atom is 0.340 e. The van der Waals surface area contributed by atoms with Crippen molar-refractivity contribution in [3.63, 3.8) is 0 Å². The molecule has 0 aliphatic carbocycles. The number of nitrogens with two attached hydrogens (primary N) is 1. The Morgan fingerprint density at radius 3 is 2.55 bits per heavy atom. The highest BCUT2D eigenvalue weighted by Crippen LogP contribution is 2.29. The summed E-state index contributed by atoms with van der Waals surface area (Å²) in [6, 6.07) is 6.36. The zero-order valence-corrected chi connectivity index (χ0v) is 10.6. The molecule has 4 nitrogen and oxygen atoms in total. The van der Waals surface area contributed by atoms with Crippen molar-refractivity contribution in [2.75, 3.05) is 11.1 Å². The van der Waals surface area contributed by atoms with Crippen LogP contribution in [0.2, 0.25) is 0 Å². The standard InChI is InChI=1S/C14H12F2N2O2/c1-7-2-3-8(15)6-11(7)18-10-5-4-9(16)13(17)12(10)14(19)20/h2-6,18H,17H2,1H3,(H,19,20). The van der Waals surface area contributed by atoms with E-state index >= 15 is 0 Å². The van der Waals surface area contributed by atoms with E-state index in [1.807, 2.05) is 0 Å². The van der Waals surface area contributed by atoms with Crippen LogP contribution in [-0.2, 0) is 0 Å². The number of nitrogen functional groups attached to an aromatic ring is 1. The van der Waals surface area contributed by atoms with E-state index in [1.165, 1.54) is 18.2 Å². The van der Waals surface area contributed by atoms with Crippen LogP contribution in [0, 0.1) is 18.6 Å². The molecule has 0 unspecified atom stereocenters. The van der Waals surface area contributed by atoms with Gasteiger partial charge in [-0.2, -0.15) is 0 Å². The lowest BCUT2D eigenvalue weighted by molar-refractivity contribution is 0.0698. The summed E-state index contributed by atoms with van der Waals surface area (Å²) in [6.07, 6.45) is 0. The van der Waals surface area contributed by atoms with Crippen molar-refractivity contribution in [3.8, 4) is 0 Å². The van der Waals surface area contributed by atoms with Gasteiger partial charge in [-0.1, -0.05) is 6.07 Å².